The lowest BCUT2D eigenvalue weighted by Crippen LogP contribution is -2.53. The van der Waals surface area contributed by atoms with Gasteiger partial charge in [-0.15, -0.1) is 0 Å². The van der Waals surface area contributed by atoms with Crippen LogP contribution >= 0.6 is 0 Å². The molecule has 0 amide bonds. The number of aliphatic hydroxyl groups is 2. The Kier molecular flexibility index (Phi) is 4.51. The average molecular weight is 322 g/mol. The molecule has 2 heterocycles. The molecule has 2 fully saturated rings. The molecule has 0 bridgehead atoms. The summed E-state index contributed by atoms with van der Waals surface area (Å²) < 4.78 is 5.22. The molecule has 6 heteroatoms. The van der Waals surface area contributed by atoms with Crippen molar-refractivity contribution in [2.75, 3.05) is 40.0 Å². The monoisotopic (exact) mass is 322 g/mol. The molecular weight excluding hydrogens is 296 g/mol. The molecule has 0 spiro atoms. The van der Waals surface area contributed by atoms with Crippen LogP contribution in [0.2, 0.25) is 0 Å². The third-order valence-corrected chi connectivity index (χ3v) is 5.62. The van der Waals surface area contributed by atoms with Crippen LogP contribution in [0.15, 0.2) is 18.2 Å². The fourth-order valence-corrected chi connectivity index (χ4v) is 4.26. The van der Waals surface area contributed by atoms with E-state index in [4.69, 9.17) is 4.74 Å². The third-order valence-electron chi connectivity index (χ3n) is 5.62. The van der Waals surface area contributed by atoms with Gasteiger partial charge in [-0.2, -0.15) is 0 Å². The number of likely N-dealkylation sites (tertiary alicyclic amines) is 1. The zero-order valence-corrected chi connectivity index (χ0v) is 13.7. The predicted octanol–water partition coefficient (Wildman–Crippen LogP) is 0.336. The van der Waals surface area contributed by atoms with E-state index in [1.165, 1.54) is 7.11 Å². The lowest BCUT2D eigenvalue weighted by atomic mass is 9.81. The number of aliphatic hydroxyl groups excluding tert-OH is 2. The molecule has 0 aliphatic carbocycles. The molecular formula is C17H26N2O4. The van der Waals surface area contributed by atoms with Crippen LogP contribution in [-0.4, -0.2) is 65.7 Å². The highest BCUT2D eigenvalue weighted by atomic mass is 16.5. The lowest BCUT2D eigenvalue weighted by Gasteiger charge is -2.32. The summed E-state index contributed by atoms with van der Waals surface area (Å²) in [6, 6.07) is 5.34. The fraction of sp³-hybridized carbons (Fsp3) is 0.647. The first-order chi connectivity index (χ1) is 11.1. The summed E-state index contributed by atoms with van der Waals surface area (Å²) in [4.78, 5) is 2.33. The zero-order valence-electron chi connectivity index (χ0n) is 13.7. The maximum absolute atomic E-state index is 10.5. The van der Waals surface area contributed by atoms with Crippen molar-refractivity contribution in [3.05, 3.63) is 23.8 Å². The van der Waals surface area contributed by atoms with Crippen molar-refractivity contribution in [1.29, 1.82) is 0 Å². The second-order valence-electron chi connectivity index (χ2n) is 6.62. The Balaban J connectivity index is 2.00. The molecule has 1 aromatic carbocycles. The Bertz CT molecular complexity index is 562. The molecule has 4 N–H and O–H groups in total. The van der Waals surface area contributed by atoms with Crippen LogP contribution in [0.5, 0.6) is 11.5 Å². The van der Waals surface area contributed by atoms with E-state index in [0.29, 0.717) is 5.75 Å². The number of phenols is 1. The van der Waals surface area contributed by atoms with Gasteiger partial charge in [0.2, 0.25) is 0 Å². The molecule has 3 rings (SSSR count). The van der Waals surface area contributed by atoms with E-state index in [-0.39, 0.29) is 36.8 Å². The predicted molar refractivity (Wildman–Crippen MR) is 86.5 cm³/mol. The van der Waals surface area contributed by atoms with Crippen LogP contribution < -0.4 is 10.1 Å². The highest BCUT2D eigenvalue weighted by Crippen LogP contribution is 2.49. The smallest absolute Gasteiger partial charge is 0.162 e. The number of fused-ring (bicyclic) bond motifs is 1. The van der Waals surface area contributed by atoms with Crippen molar-refractivity contribution >= 4 is 0 Å². The minimum atomic E-state index is -0.714. The van der Waals surface area contributed by atoms with Gasteiger partial charge in [0.05, 0.1) is 25.9 Å². The summed E-state index contributed by atoms with van der Waals surface area (Å²) in [6.45, 7) is 4.55. The van der Waals surface area contributed by atoms with Crippen molar-refractivity contribution in [2.24, 2.45) is 11.8 Å². The molecule has 0 radical (unpaired) electrons. The molecule has 1 aromatic rings. The van der Waals surface area contributed by atoms with Gasteiger partial charge in [-0.25, -0.2) is 0 Å². The topological polar surface area (TPSA) is 85.2 Å². The second-order valence-corrected chi connectivity index (χ2v) is 6.62. The van der Waals surface area contributed by atoms with Gasteiger partial charge in [0.25, 0.3) is 0 Å². The Morgan fingerprint density at radius 2 is 2.04 bits per heavy atom. The number of para-hydroxylation sites is 1. The molecule has 3 atom stereocenters. The third kappa shape index (κ3) is 2.50. The average Bonchev–Trinajstić information content (AvgIpc) is 3.13. The van der Waals surface area contributed by atoms with Gasteiger partial charge in [0.15, 0.2) is 11.5 Å². The van der Waals surface area contributed by atoms with E-state index < -0.39 is 5.54 Å². The van der Waals surface area contributed by atoms with E-state index in [1.54, 1.807) is 6.07 Å². The van der Waals surface area contributed by atoms with Crippen molar-refractivity contribution < 1.29 is 20.1 Å². The number of hydrogen-bond acceptors (Lipinski definition) is 6. The normalized spacial score (nSPS) is 29.7. The van der Waals surface area contributed by atoms with Gasteiger partial charge in [-0.1, -0.05) is 19.1 Å². The molecule has 2 aliphatic rings. The molecule has 6 nitrogen and oxygen atoms in total. The van der Waals surface area contributed by atoms with Crippen LogP contribution in [0.3, 0.4) is 0 Å². The number of phenolic OH excluding ortho intramolecular Hbond substituents is 1. The number of nitrogens with one attached hydrogen (secondary N) is 1. The molecule has 0 unspecified atom stereocenters. The Hall–Kier alpha value is -1.34. The summed E-state index contributed by atoms with van der Waals surface area (Å²) in [5.41, 5.74) is 0.0514. The van der Waals surface area contributed by atoms with E-state index in [2.05, 4.69) is 17.1 Å². The summed E-state index contributed by atoms with van der Waals surface area (Å²) >= 11 is 0. The Labute approximate surface area is 136 Å². The van der Waals surface area contributed by atoms with Crippen LogP contribution in [0.25, 0.3) is 0 Å². The number of ether oxygens (including phenoxy) is 1. The first-order valence-corrected chi connectivity index (χ1v) is 8.17. The summed E-state index contributed by atoms with van der Waals surface area (Å²) in [7, 11) is 1.53. The molecule has 23 heavy (non-hydrogen) atoms. The summed E-state index contributed by atoms with van der Waals surface area (Å²) in [6.07, 6.45) is 0. The standard InChI is InChI=1S/C17H26N2O4/c1-3-19-7-12-13(8-19)17(9-20,10-21)18-15(12)11-5-4-6-14(23-2)16(11)22/h4-6,12-13,15,18,20-22H,3,7-10H2,1-2H3/t12-,13+,15-/m1/s1. The quantitative estimate of drug-likeness (QED) is 0.625. The minimum absolute atomic E-state index is 0.119. The second kappa shape index (κ2) is 6.28. The van der Waals surface area contributed by atoms with E-state index in [9.17, 15) is 15.3 Å². The molecule has 2 aliphatic heterocycles. The summed E-state index contributed by atoms with van der Waals surface area (Å²) in [5, 5.41) is 33.8. The SMILES string of the molecule is CCN1C[C@H]2[C@@H](c3cccc(OC)c3O)NC(CO)(CO)[C@H]2C1. The van der Waals surface area contributed by atoms with Crippen molar-refractivity contribution in [2.45, 2.75) is 18.5 Å². The lowest BCUT2D eigenvalue weighted by molar-refractivity contribution is 0.0666. The van der Waals surface area contributed by atoms with E-state index in [0.717, 1.165) is 25.2 Å². The number of hydrogen-bond donors (Lipinski definition) is 4. The highest BCUT2D eigenvalue weighted by Gasteiger charge is 2.56. The van der Waals surface area contributed by atoms with Crippen LogP contribution in [-0.2, 0) is 0 Å². The molecule has 0 aromatic heterocycles. The van der Waals surface area contributed by atoms with Crippen LogP contribution in [0, 0.1) is 11.8 Å². The fourth-order valence-electron chi connectivity index (χ4n) is 4.26. The number of methoxy groups -OCH3 is 1. The molecule has 128 valence electrons. The Morgan fingerprint density at radius 1 is 1.30 bits per heavy atom. The van der Waals surface area contributed by atoms with E-state index in [1.807, 2.05) is 12.1 Å². The number of nitrogens with zero attached hydrogens (tertiary/aromatic N) is 1. The van der Waals surface area contributed by atoms with Gasteiger partial charge < -0.3 is 25.0 Å². The largest absolute Gasteiger partial charge is 0.504 e. The van der Waals surface area contributed by atoms with Crippen molar-refractivity contribution in [1.82, 2.24) is 10.2 Å². The van der Waals surface area contributed by atoms with Gasteiger partial charge in [-0.3, -0.25) is 5.32 Å². The van der Waals surface area contributed by atoms with Gasteiger partial charge in [-0.05, 0) is 18.5 Å². The van der Waals surface area contributed by atoms with Crippen molar-refractivity contribution in [3.63, 3.8) is 0 Å². The summed E-state index contributed by atoms with van der Waals surface area (Å²) in [5.74, 6) is 0.949. The number of rotatable bonds is 5. The number of benzene rings is 1. The van der Waals surface area contributed by atoms with Crippen LogP contribution in [0.1, 0.15) is 18.5 Å². The van der Waals surface area contributed by atoms with E-state index >= 15 is 0 Å². The molecule has 2 saturated heterocycles. The van der Waals surface area contributed by atoms with Crippen LogP contribution in [0.4, 0.5) is 0 Å². The maximum Gasteiger partial charge on any atom is 0.162 e. The van der Waals surface area contributed by atoms with Gasteiger partial charge in [0.1, 0.15) is 0 Å². The zero-order chi connectivity index (χ0) is 16.6. The first-order valence-electron chi connectivity index (χ1n) is 8.17. The van der Waals surface area contributed by atoms with Gasteiger partial charge >= 0.3 is 0 Å². The highest BCUT2D eigenvalue weighted by molar-refractivity contribution is 5.48. The number of aromatic hydroxyl groups is 1. The Morgan fingerprint density at radius 3 is 2.65 bits per heavy atom. The first kappa shape index (κ1) is 16.5. The van der Waals surface area contributed by atoms with Gasteiger partial charge in [0, 0.05) is 30.6 Å². The molecule has 0 saturated carbocycles. The van der Waals surface area contributed by atoms with Crippen molar-refractivity contribution in [3.8, 4) is 11.5 Å². The minimum Gasteiger partial charge on any atom is -0.504 e. The maximum atomic E-state index is 10.5.